The predicted octanol–water partition coefficient (Wildman–Crippen LogP) is 3.17. The van der Waals surface area contributed by atoms with Gasteiger partial charge in [-0.05, 0) is 6.92 Å². The average molecular weight is 174 g/mol. The molecular weight excluding hydrogens is 160 g/mol. The second-order valence-corrected chi connectivity index (χ2v) is 4.86. The van der Waals surface area contributed by atoms with Gasteiger partial charge in [0.1, 0.15) is 0 Å². The van der Waals surface area contributed by atoms with Crippen LogP contribution in [0.15, 0.2) is 25.3 Å². The summed E-state index contributed by atoms with van der Waals surface area (Å²) in [4.78, 5) is 0. The van der Waals surface area contributed by atoms with Crippen LogP contribution in [0.1, 0.15) is 6.92 Å². The van der Waals surface area contributed by atoms with Gasteiger partial charge in [0.25, 0.3) is 0 Å². The molecule has 0 atom stereocenters. The second kappa shape index (κ2) is 7.29. The quantitative estimate of drug-likeness (QED) is 0.448. The molecule has 2 heteroatoms. The second-order valence-electron chi connectivity index (χ2n) is 1.81. The molecule has 0 rings (SSSR count). The fourth-order valence-electron chi connectivity index (χ4n) is 0.455. The third kappa shape index (κ3) is 6.30. The summed E-state index contributed by atoms with van der Waals surface area (Å²) in [5.41, 5.74) is 0. The molecule has 0 aliphatic rings. The molecule has 0 heterocycles. The Morgan fingerprint density at radius 2 is 1.60 bits per heavy atom. The van der Waals surface area contributed by atoms with Gasteiger partial charge in [-0.3, -0.25) is 0 Å². The summed E-state index contributed by atoms with van der Waals surface area (Å²) in [6, 6.07) is 0. The van der Waals surface area contributed by atoms with Crippen molar-refractivity contribution in [1.29, 1.82) is 0 Å². The largest absolute Gasteiger partial charge is 0.144 e. The lowest BCUT2D eigenvalue weighted by Crippen LogP contribution is -1.89. The Morgan fingerprint density at radius 1 is 1.20 bits per heavy atom. The smallest absolute Gasteiger partial charge is 0.0480 e. The van der Waals surface area contributed by atoms with Gasteiger partial charge in [-0.15, -0.1) is 36.7 Å². The molecule has 0 aliphatic carbocycles. The fourth-order valence-corrected chi connectivity index (χ4v) is 2.13. The number of hydrogen-bond donors (Lipinski definition) is 0. The van der Waals surface area contributed by atoms with Crippen molar-refractivity contribution < 1.29 is 0 Å². The normalized spacial score (nSPS) is 9.80. The maximum Gasteiger partial charge on any atom is 0.0480 e. The van der Waals surface area contributed by atoms with Crippen molar-refractivity contribution in [3.63, 3.8) is 0 Å². The van der Waals surface area contributed by atoms with Crippen molar-refractivity contribution in [2.75, 3.05) is 11.5 Å². The molecule has 0 amide bonds. The monoisotopic (exact) mass is 174 g/mol. The van der Waals surface area contributed by atoms with Crippen molar-refractivity contribution in [2.24, 2.45) is 0 Å². The van der Waals surface area contributed by atoms with Crippen LogP contribution >= 0.6 is 23.5 Å². The van der Waals surface area contributed by atoms with Crippen LogP contribution in [0, 0.1) is 0 Å². The third-order valence-corrected chi connectivity index (χ3v) is 3.51. The molecule has 0 aromatic rings. The summed E-state index contributed by atoms with van der Waals surface area (Å²) in [5, 5.41) is 0. The number of hydrogen-bond acceptors (Lipinski definition) is 2. The van der Waals surface area contributed by atoms with E-state index in [1.807, 2.05) is 35.7 Å². The number of thioether (sulfide) groups is 2. The Kier molecular flexibility index (Phi) is 7.42. The van der Waals surface area contributed by atoms with Crippen molar-refractivity contribution in [1.82, 2.24) is 0 Å². The highest BCUT2D eigenvalue weighted by atomic mass is 32.2. The van der Waals surface area contributed by atoms with Crippen LogP contribution in [0.3, 0.4) is 0 Å². The molecule has 0 aromatic carbocycles. The van der Waals surface area contributed by atoms with Gasteiger partial charge < -0.3 is 0 Å². The van der Waals surface area contributed by atoms with Gasteiger partial charge in [0.2, 0.25) is 0 Å². The third-order valence-electron chi connectivity index (χ3n) is 0.898. The molecule has 0 aliphatic heterocycles. The minimum Gasteiger partial charge on any atom is -0.144 e. The van der Waals surface area contributed by atoms with Gasteiger partial charge in [-0.2, -0.15) is 0 Å². The van der Waals surface area contributed by atoms with Crippen LogP contribution in [0.5, 0.6) is 0 Å². The first-order valence-electron chi connectivity index (χ1n) is 3.26. The molecule has 0 saturated heterocycles. The first kappa shape index (κ1) is 10.2. The molecule has 0 unspecified atom stereocenters. The van der Waals surface area contributed by atoms with Crippen LogP contribution in [0.4, 0.5) is 0 Å². The molecule has 0 bridgehead atoms. The van der Waals surface area contributed by atoms with E-state index in [1.165, 1.54) is 0 Å². The van der Waals surface area contributed by atoms with E-state index in [0.717, 1.165) is 11.5 Å². The maximum atomic E-state index is 3.66. The van der Waals surface area contributed by atoms with E-state index in [2.05, 4.69) is 20.1 Å². The van der Waals surface area contributed by atoms with E-state index < -0.39 is 0 Å². The summed E-state index contributed by atoms with van der Waals surface area (Å²) >= 11 is 3.83. The highest BCUT2D eigenvalue weighted by Gasteiger charge is 1.97. The van der Waals surface area contributed by atoms with Crippen molar-refractivity contribution in [3.05, 3.63) is 25.3 Å². The van der Waals surface area contributed by atoms with E-state index in [1.54, 1.807) is 0 Å². The first-order chi connectivity index (χ1) is 4.81. The Labute approximate surface area is 72.2 Å². The van der Waals surface area contributed by atoms with Crippen molar-refractivity contribution in [2.45, 2.75) is 11.5 Å². The van der Waals surface area contributed by atoms with Crippen LogP contribution < -0.4 is 0 Å². The van der Waals surface area contributed by atoms with Gasteiger partial charge in [-0.1, -0.05) is 12.2 Å². The van der Waals surface area contributed by atoms with E-state index in [0.29, 0.717) is 4.58 Å². The zero-order valence-corrected chi connectivity index (χ0v) is 8.01. The lowest BCUT2D eigenvalue weighted by Gasteiger charge is -2.06. The summed E-state index contributed by atoms with van der Waals surface area (Å²) in [5.74, 6) is 2.09. The molecule has 0 radical (unpaired) electrons. The highest BCUT2D eigenvalue weighted by molar-refractivity contribution is 8.17. The van der Waals surface area contributed by atoms with Crippen LogP contribution in [0.2, 0.25) is 0 Å². The zero-order chi connectivity index (χ0) is 7.82. The Morgan fingerprint density at radius 3 is 1.90 bits per heavy atom. The molecule has 0 spiro atoms. The molecule has 10 heavy (non-hydrogen) atoms. The van der Waals surface area contributed by atoms with Crippen LogP contribution in [0.25, 0.3) is 0 Å². The molecule has 0 saturated carbocycles. The molecule has 0 N–H and O–H groups in total. The first-order valence-corrected chi connectivity index (χ1v) is 5.36. The van der Waals surface area contributed by atoms with Crippen molar-refractivity contribution in [3.8, 4) is 0 Å². The summed E-state index contributed by atoms with van der Waals surface area (Å²) in [6.07, 6.45) is 3.88. The zero-order valence-electron chi connectivity index (χ0n) is 6.38. The van der Waals surface area contributed by atoms with Gasteiger partial charge in [0, 0.05) is 16.1 Å². The molecule has 0 aromatic heterocycles. The average Bonchev–Trinajstić information content (AvgIpc) is 1.97. The predicted molar refractivity (Wildman–Crippen MR) is 54.8 cm³/mol. The highest BCUT2D eigenvalue weighted by Crippen LogP contribution is 2.22. The van der Waals surface area contributed by atoms with E-state index >= 15 is 0 Å². The van der Waals surface area contributed by atoms with Gasteiger partial charge in [0.05, 0.1) is 0 Å². The molecular formula is C8H14S2. The minimum absolute atomic E-state index is 0.663. The SMILES string of the molecule is C=CCSC(C)SCC=C. The topological polar surface area (TPSA) is 0 Å². The summed E-state index contributed by atoms with van der Waals surface area (Å²) < 4.78 is 0.663. The summed E-state index contributed by atoms with van der Waals surface area (Å²) in [6.45, 7) is 9.54. The fraction of sp³-hybridized carbons (Fsp3) is 0.500. The van der Waals surface area contributed by atoms with Crippen LogP contribution in [-0.2, 0) is 0 Å². The van der Waals surface area contributed by atoms with Gasteiger partial charge in [0.15, 0.2) is 0 Å². The maximum absolute atomic E-state index is 3.66. The van der Waals surface area contributed by atoms with Crippen LogP contribution in [-0.4, -0.2) is 16.1 Å². The lowest BCUT2D eigenvalue weighted by molar-refractivity contribution is 1.41. The lowest BCUT2D eigenvalue weighted by atomic mass is 10.8. The molecule has 58 valence electrons. The molecule has 0 fully saturated rings. The van der Waals surface area contributed by atoms with Gasteiger partial charge >= 0.3 is 0 Å². The summed E-state index contributed by atoms with van der Waals surface area (Å²) in [7, 11) is 0. The Bertz CT molecular complexity index is 87.4. The standard InChI is InChI=1S/C8H14S2/c1-4-6-9-8(3)10-7-5-2/h4-5,8H,1-2,6-7H2,3H3. The van der Waals surface area contributed by atoms with Gasteiger partial charge in [-0.25, -0.2) is 0 Å². The Hall–Kier alpha value is 0.180. The number of rotatable bonds is 6. The van der Waals surface area contributed by atoms with E-state index in [4.69, 9.17) is 0 Å². The van der Waals surface area contributed by atoms with E-state index in [9.17, 15) is 0 Å². The minimum atomic E-state index is 0.663. The van der Waals surface area contributed by atoms with Crippen molar-refractivity contribution >= 4 is 23.5 Å². The van der Waals surface area contributed by atoms with E-state index in [-0.39, 0.29) is 0 Å². The molecule has 0 nitrogen and oxygen atoms in total. The Balaban J connectivity index is 3.15.